The topological polar surface area (TPSA) is 53.9 Å². The lowest BCUT2D eigenvalue weighted by atomic mass is 9.92. The lowest BCUT2D eigenvalue weighted by molar-refractivity contribution is -0.138. The second kappa shape index (κ2) is 6.28. The van der Waals surface area contributed by atoms with Gasteiger partial charge in [-0.15, -0.1) is 0 Å². The summed E-state index contributed by atoms with van der Waals surface area (Å²) in [5.41, 5.74) is 0. The van der Waals surface area contributed by atoms with E-state index in [9.17, 15) is 4.79 Å². The zero-order chi connectivity index (χ0) is 16.8. The van der Waals surface area contributed by atoms with Crippen LogP contribution in [0.2, 0.25) is 0 Å². The number of aromatic nitrogens is 3. The molecular formula is C18H28N4OS. The van der Waals surface area contributed by atoms with Gasteiger partial charge >= 0.3 is 0 Å². The number of aromatic amines is 1. The maximum Gasteiger partial charge on any atom is 0.226 e. The van der Waals surface area contributed by atoms with Gasteiger partial charge in [-0.25, -0.2) is 0 Å². The van der Waals surface area contributed by atoms with Crippen LogP contribution in [-0.4, -0.2) is 38.7 Å². The lowest BCUT2D eigenvalue weighted by Crippen LogP contribution is -2.43. The summed E-state index contributed by atoms with van der Waals surface area (Å²) < 4.78 is 2.84. The Morgan fingerprint density at radius 1 is 1.12 bits per heavy atom. The van der Waals surface area contributed by atoms with Gasteiger partial charge in [0.2, 0.25) is 5.91 Å². The molecule has 1 amide bonds. The number of nitrogens with one attached hydrogen (secondary N) is 1. The molecule has 24 heavy (non-hydrogen) atoms. The largest absolute Gasteiger partial charge is 0.342 e. The molecule has 3 fully saturated rings. The molecule has 1 aromatic rings. The number of carbonyl (C=O) groups excluding carboxylic acids is 1. The van der Waals surface area contributed by atoms with Gasteiger partial charge in [0.25, 0.3) is 0 Å². The number of piperidine rings is 1. The Balaban J connectivity index is 1.41. The van der Waals surface area contributed by atoms with Gasteiger partial charge in [-0.1, -0.05) is 0 Å². The maximum atomic E-state index is 13.0. The normalized spacial score (nSPS) is 22.6. The minimum Gasteiger partial charge on any atom is -0.342 e. The first-order valence-electron chi connectivity index (χ1n) is 9.52. The fourth-order valence-electron chi connectivity index (χ4n) is 4.37. The quantitative estimate of drug-likeness (QED) is 0.826. The summed E-state index contributed by atoms with van der Waals surface area (Å²) in [5, 5.41) is 7.43. The molecule has 0 aromatic carbocycles. The summed E-state index contributed by atoms with van der Waals surface area (Å²) >= 11 is 5.37. The van der Waals surface area contributed by atoms with E-state index >= 15 is 0 Å². The van der Waals surface area contributed by atoms with Gasteiger partial charge in [-0.05, 0) is 76.4 Å². The number of nitrogens with zero attached hydrogens (tertiary/aromatic N) is 3. The van der Waals surface area contributed by atoms with Crippen LogP contribution in [0.15, 0.2) is 0 Å². The van der Waals surface area contributed by atoms with Gasteiger partial charge in [0.05, 0.1) is 0 Å². The Morgan fingerprint density at radius 2 is 1.71 bits per heavy atom. The second-order valence-electron chi connectivity index (χ2n) is 8.15. The Morgan fingerprint density at radius 3 is 2.21 bits per heavy atom. The highest BCUT2D eigenvalue weighted by Gasteiger charge is 2.47. The third kappa shape index (κ3) is 3.05. The number of likely N-dealkylation sites (tertiary alicyclic amines) is 1. The zero-order valence-electron chi connectivity index (χ0n) is 14.7. The van der Waals surface area contributed by atoms with Crippen LogP contribution in [0.1, 0.15) is 70.2 Å². The highest BCUT2D eigenvalue weighted by Crippen LogP contribution is 2.50. The Bertz CT molecular complexity index is 651. The molecule has 5 nitrogen and oxygen atoms in total. The summed E-state index contributed by atoms with van der Waals surface area (Å²) in [6.45, 7) is 6.03. The van der Waals surface area contributed by atoms with Gasteiger partial charge < -0.3 is 9.47 Å². The van der Waals surface area contributed by atoms with Crippen LogP contribution in [-0.2, 0) is 4.79 Å². The first-order valence-corrected chi connectivity index (χ1v) is 9.92. The maximum absolute atomic E-state index is 13.0. The van der Waals surface area contributed by atoms with E-state index < -0.39 is 0 Å². The molecule has 2 heterocycles. The van der Waals surface area contributed by atoms with E-state index in [1.54, 1.807) is 0 Å². The second-order valence-corrected chi connectivity index (χ2v) is 8.54. The molecule has 1 N–H and O–H groups in total. The first kappa shape index (κ1) is 16.3. The van der Waals surface area contributed by atoms with Crippen LogP contribution in [0.3, 0.4) is 0 Å². The Kier molecular flexibility index (Phi) is 4.27. The van der Waals surface area contributed by atoms with Crippen molar-refractivity contribution in [2.45, 2.75) is 64.3 Å². The molecular weight excluding hydrogens is 320 g/mol. The van der Waals surface area contributed by atoms with Crippen LogP contribution in [0.5, 0.6) is 0 Å². The Hall–Kier alpha value is -1.17. The summed E-state index contributed by atoms with van der Waals surface area (Å²) in [4.78, 5) is 15.1. The monoisotopic (exact) mass is 348 g/mol. The van der Waals surface area contributed by atoms with Gasteiger partial charge in [0.1, 0.15) is 5.82 Å². The molecule has 2 aliphatic carbocycles. The third-order valence-electron chi connectivity index (χ3n) is 5.96. The SMILES string of the molecule is CC(C)n1c(C2CCN(C(=O)C(C3CC3)C3CC3)CC2)n[nH]c1=S. The number of hydrogen-bond acceptors (Lipinski definition) is 3. The molecule has 0 bridgehead atoms. The van der Waals surface area contributed by atoms with Crippen molar-refractivity contribution < 1.29 is 4.79 Å². The van der Waals surface area contributed by atoms with Crippen molar-refractivity contribution in [2.75, 3.05) is 13.1 Å². The van der Waals surface area contributed by atoms with E-state index in [0.717, 1.165) is 31.8 Å². The summed E-state index contributed by atoms with van der Waals surface area (Å²) in [7, 11) is 0. The number of carbonyl (C=O) groups is 1. The molecule has 6 heteroatoms. The predicted molar refractivity (Wildman–Crippen MR) is 95.3 cm³/mol. The number of hydrogen-bond donors (Lipinski definition) is 1. The highest BCUT2D eigenvalue weighted by atomic mass is 32.1. The van der Waals surface area contributed by atoms with E-state index in [1.165, 1.54) is 25.7 Å². The van der Waals surface area contributed by atoms with Crippen LogP contribution in [0.25, 0.3) is 0 Å². The molecule has 2 saturated carbocycles. The molecule has 4 rings (SSSR count). The van der Waals surface area contributed by atoms with Gasteiger partial charge in [-0.3, -0.25) is 9.89 Å². The molecule has 3 aliphatic rings. The van der Waals surface area contributed by atoms with Crippen molar-refractivity contribution in [2.24, 2.45) is 17.8 Å². The standard InChI is InChI=1S/C18H28N4OS/c1-11(2)22-16(19-20-18(22)24)14-7-9-21(10-8-14)17(23)15(12-3-4-12)13-5-6-13/h11-15H,3-10H2,1-2H3,(H,20,24). The molecule has 1 aromatic heterocycles. The number of rotatable bonds is 5. The van der Waals surface area contributed by atoms with Crippen molar-refractivity contribution in [3.8, 4) is 0 Å². The molecule has 132 valence electrons. The van der Waals surface area contributed by atoms with E-state index in [4.69, 9.17) is 12.2 Å². The van der Waals surface area contributed by atoms with Crippen LogP contribution in [0.4, 0.5) is 0 Å². The van der Waals surface area contributed by atoms with Crippen molar-refractivity contribution in [1.82, 2.24) is 19.7 Å². The predicted octanol–water partition coefficient (Wildman–Crippen LogP) is 3.66. The van der Waals surface area contributed by atoms with Crippen molar-refractivity contribution >= 4 is 18.1 Å². The molecule has 0 radical (unpaired) electrons. The van der Waals surface area contributed by atoms with Crippen LogP contribution >= 0.6 is 12.2 Å². The van der Waals surface area contributed by atoms with Crippen LogP contribution < -0.4 is 0 Å². The zero-order valence-corrected chi connectivity index (χ0v) is 15.5. The Labute approximate surface area is 148 Å². The molecule has 1 aliphatic heterocycles. The van der Waals surface area contributed by atoms with Crippen molar-refractivity contribution in [3.63, 3.8) is 0 Å². The summed E-state index contributed by atoms with van der Waals surface area (Å²) in [6.07, 6.45) is 7.08. The summed E-state index contributed by atoms with van der Waals surface area (Å²) in [5.74, 6) is 3.65. The van der Waals surface area contributed by atoms with E-state index in [-0.39, 0.29) is 0 Å². The fourth-order valence-corrected chi connectivity index (χ4v) is 4.72. The number of H-pyrrole nitrogens is 1. The fraction of sp³-hybridized carbons (Fsp3) is 0.833. The molecule has 0 spiro atoms. The van der Waals surface area contributed by atoms with Crippen molar-refractivity contribution in [3.05, 3.63) is 10.6 Å². The van der Waals surface area contributed by atoms with Gasteiger partial charge in [0.15, 0.2) is 4.77 Å². The molecule has 1 saturated heterocycles. The van der Waals surface area contributed by atoms with Gasteiger partial charge in [0, 0.05) is 31.0 Å². The smallest absolute Gasteiger partial charge is 0.226 e. The van der Waals surface area contributed by atoms with E-state index in [0.29, 0.717) is 40.4 Å². The van der Waals surface area contributed by atoms with Crippen molar-refractivity contribution in [1.29, 1.82) is 0 Å². The average Bonchev–Trinajstić information content (AvgIpc) is 3.48. The minimum atomic E-state index is 0.319. The van der Waals surface area contributed by atoms with Crippen LogP contribution in [0, 0.1) is 22.5 Å². The average molecular weight is 349 g/mol. The summed E-state index contributed by atoms with van der Waals surface area (Å²) in [6, 6.07) is 0.319. The first-order chi connectivity index (χ1) is 11.6. The highest BCUT2D eigenvalue weighted by molar-refractivity contribution is 7.71. The number of amides is 1. The minimum absolute atomic E-state index is 0.319. The van der Waals surface area contributed by atoms with Gasteiger partial charge in [-0.2, -0.15) is 5.10 Å². The van der Waals surface area contributed by atoms with E-state index in [1.807, 2.05) is 0 Å². The lowest BCUT2D eigenvalue weighted by Gasteiger charge is -2.34. The third-order valence-corrected chi connectivity index (χ3v) is 6.25. The van der Waals surface area contributed by atoms with E-state index in [2.05, 4.69) is 33.5 Å². The molecule has 0 unspecified atom stereocenters. The molecule has 0 atom stereocenters.